The van der Waals surface area contributed by atoms with Crippen LogP contribution in [0.1, 0.15) is 46.5 Å². The van der Waals surface area contributed by atoms with Crippen molar-refractivity contribution in [2.24, 2.45) is 5.41 Å². The molecule has 0 amide bonds. The van der Waals surface area contributed by atoms with Gasteiger partial charge in [-0.25, -0.2) is 9.59 Å². The van der Waals surface area contributed by atoms with Crippen LogP contribution in [0.2, 0.25) is 0 Å². The third-order valence-corrected chi connectivity index (χ3v) is 4.26. The van der Waals surface area contributed by atoms with E-state index < -0.39 is 33.4 Å². The number of allylic oxidation sites excluding steroid dienone is 2. The van der Waals surface area contributed by atoms with E-state index in [1.165, 1.54) is 24.3 Å². The molecule has 0 fully saturated rings. The normalized spacial score (nSPS) is 13.0. The van der Waals surface area contributed by atoms with Crippen LogP contribution in [-0.2, 0) is 34.0 Å². The Morgan fingerprint density at radius 3 is 1.70 bits per heavy atom. The molecule has 0 aliphatic heterocycles. The number of carboxylic acid groups (broad SMARTS) is 1. The molecule has 0 saturated carbocycles. The summed E-state index contributed by atoms with van der Waals surface area (Å²) < 4.78 is 37.4. The summed E-state index contributed by atoms with van der Waals surface area (Å²) >= 11 is 0. The van der Waals surface area contributed by atoms with Gasteiger partial charge in [0.05, 0.1) is 0 Å². The minimum Gasteiger partial charge on any atom is -0.481 e. The number of carbonyl (C=O) groups is 3. The second kappa shape index (κ2) is 19.1. The van der Waals surface area contributed by atoms with Gasteiger partial charge < -0.3 is 21.5 Å². The maximum Gasteiger partial charge on any atom is 1.00 e. The Balaban J connectivity index is -0.000000779. The third kappa shape index (κ3) is 18.2. The Morgan fingerprint density at radius 2 is 1.47 bits per heavy atom. The Labute approximate surface area is 221 Å². The number of carbonyl (C=O) groups excluding carboxylic acids is 2. The maximum absolute atomic E-state index is 11.6. The average Bonchev–Trinajstić information content (AvgIpc) is 2.61. The van der Waals surface area contributed by atoms with Gasteiger partial charge in [0.25, 0.3) is 10.1 Å². The fourth-order valence-corrected chi connectivity index (χ4v) is 2.27. The van der Waals surface area contributed by atoms with Crippen LogP contribution >= 0.6 is 0 Å². The van der Waals surface area contributed by atoms with Crippen molar-refractivity contribution >= 4 is 28.0 Å². The summed E-state index contributed by atoms with van der Waals surface area (Å²) in [6, 6.07) is 0. The maximum atomic E-state index is 11.6. The average molecular weight is 475 g/mol. The quantitative estimate of drug-likeness (QED) is 0.127. The van der Waals surface area contributed by atoms with Crippen molar-refractivity contribution in [3.8, 4) is 0 Å². The van der Waals surface area contributed by atoms with Gasteiger partial charge in [-0.15, -0.1) is 0 Å². The molecule has 11 heteroatoms. The molecule has 0 aromatic carbocycles. The molecular weight excluding hydrogens is 443 g/mol. The zero-order valence-corrected chi connectivity index (χ0v) is 22.1. The molecule has 30 heavy (non-hydrogen) atoms. The number of hydrogen-bond donors (Lipinski definition) is 2. The van der Waals surface area contributed by atoms with Crippen LogP contribution < -0.4 is 51.4 Å². The van der Waals surface area contributed by atoms with Crippen molar-refractivity contribution in [3.63, 3.8) is 0 Å². The molecular formula is C19H31KO9S. The zero-order valence-electron chi connectivity index (χ0n) is 18.1. The van der Waals surface area contributed by atoms with Gasteiger partial charge >= 0.3 is 69.3 Å². The summed E-state index contributed by atoms with van der Waals surface area (Å²) in [7, 11) is -3.74. The van der Waals surface area contributed by atoms with Crippen molar-refractivity contribution in [2.75, 3.05) is 19.0 Å². The van der Waals surface area contributed by atoms with Crippen LogP contribution in [0.3, 0.4) is 0 Å². The number of rotatable bonds is 12. The van der Waals surface area contributed by atoms with Crippen molar-refractivity contribution in [3.05, 3.63) is 31.2 Å². The molecule has 0 aliphatic rings. The topological polar surface area (TPSA) is 144 Å². The molecule has 0 aromatic rings. The number of ether oxygens (including phenoxy) is 2. The third-order valence-electron chi connectivity index (χ3n) is 3.45. The first kappa shape index (κ1) is 34.1. The molecule has 0 bridgehead atoms. The Morgan fingerprint density at radius 1 is 1.03 bits per heavy atom. The van der Waals surface area contributed by atoms with Gasteiger partial charge in [0.2, 0.25) is 0 Å². The second-order valence-corrected chi connectivity index (χ2v) is 7.62. The van der Waals surface area contributed by atoms with Gasteiger partial charge in [-0.05, 0) is 20.3 Å². The molecule has 9 nitrogen and oxygen atoms in total. The van der Waals surface area contributed by atoms with E-state index in [0.29, 0.717) is 6.42 Å². The molecule has 2 N–H and O–H groups in total. The van der Waals surface area contributed by atoms with Gasteiger partial charge in [0, 0.05) is 17.9 Å². The van der Waals surface area contributed by atoms with Gasteiger partial charge in [0.15, 0.2) is 0 Å². The van der Waals surface area contributed by atoms with Crippen molar-refractivity contribution < 1.29 is 93.3 Å². The summed E-state index contributed by atoms with van der Waals surface area (Å²) in [6.45, 7) is 7.78. The van der Waals surface area contributed by atoms with E-state index in [4.69, 9.17) is 14.0 Å². The Kier molecular flexibility index (Phi) is 21.7. The number of esters is 2. The zero-order chi connectivity index (χ0) is 22.9. The van der Waals surface area contributed by atoms with E-state index in [1.807, 2.05) is 6.92 Å². The molecule has 0 unspecified atom stereocenters. The fourth-order valence-electron chi connectivity index (χ4n) is 1.90. The van der Waals surface area contributed by atoms with E-state index in [0.717, 1.165) is 6.42 Å². The molecule has 0 rings (SSSR count). The Bertz CT molecular complexity index is 641. The smallest absolute Gasteiger partial charge is 0.481 e. The summed E-state index contributed by atoms with van der Waals surface area (Å²) in [5.41, 5.74) is -1.43. The molecule has 168 valence electrons. The van der Waals surface area contributed by atoms with E-state index in [-0.39, 0.29) is 83.2 Å². The largest absolute Gasteiger partial charge is 1.00 e. The van der Waals surface area contributed by atoms with Crippen LogP contribution in [0.25, 0.3) is 0 Å². The number of unbranched alkanes of at least 4 members (excludes halogenated alkanes) is 1. The molecule has 0 saturated heterocycles. The summed E-state index contributed by atoms with van der Waals surface area (Å²) in [6.07, 6.45) is 7.29. The predicted molar refractivity (Wildman–Crippen MR) is 108 cm³/mol. The van der Waals surface area contributed by atoms with E-state index in [1.54, 1.807) is 13.8 Å². The van der Waals surface area contributed by atoms with E-state index in [2.05, 4.69) is 6.92 Å². The molecule has 0 aromatic heterocycles. The minimum absolute atomic E-state index is 0. The first-order valence-corrected chi connectivity index (χ1v) is 10.7. The Hall–Kier alpha value is -0.564. The minimum atomic E-state index is -3.74. The molecule has 0 spiro atoms. The van der Waals surface area contributed by atoms with Gasteiger partial charge in [0.1, 0.15) is 18.6 Å². The molecule has 0 radical (unpaired) electrons. The SMILES string of the molecule is CC=CC(=O)OCC(CCCC)(COC(=O)C=CC)C(=O)O.[CH2-]CCS(=O)(=O)O.[K+]. The van der Waals surface area contributed by atoms with Crippen LogP contribution in [-0.4, -0.2) is 55.0 Å². The number of carboxylic acids is 1. The van der Waals surface area contributed by atoms with E-state index in [9.17, 15) is 27.9 Å². The van der Waals surface area contributed by atoms with Crippen LogP contribution in [0.4, 0.5) is 0 Å². The van der Waals surface area contributed by atoms with Crippen molar-refractivity contribution in [2.45, 2.75) is 46.5 Å². The standard InChI is InChI=1S/C16H24O6.C3H7O3S.K/c1-4-7-10-16(15(19)20,11-21-13(17)8-5-2)12-22-14(18)9-6-3;1-2-3-7(4,5)6;/h5-6,8-9H,4,7,10-12H2,1-3H3,(H,19,20);1-3H2,(H,4,5,6);/q;-1;+1. The summed E-state index contributed by atoms with van der Waals surface area (Å²) in [5, 5.41) is 9.52. The van der Waals surface area contributed by atoms with Gasteiger partial charge in [-0.2, -0.15) is 14.8 Å². The first-order chi connectivity index (χ1) is 13.5. The number of aliphatic carboxylic acids is 1. The van der Waals surface area contributed by atoms with Crippen LogP contribution in [0.5, 0.6) is 0 Å². The molecule has 0 heterocycles. The summed E-state index contributed by atoms with van der Waals surface area (Å²) in [5.74, 6) is -2.64. The monoisotopic (exact) mass is 474 g/mol. The predicted octanol–water partition coefficient (Wildman–Crippen LogP) is -0.411. The first-order valence-electron chi connectivity index (χ1n) is 9.04. The van der Waals surface area contributed by atoms with Gasteiger partial charge in [-0.1, -0.05) is 31.9 Å². The molecule has 0 atom stereocenters. The number of hydrogen-bond acceptors (Lipinski definition) is 7. The summed E-state index contributed by atoms with van der Waals surface area (Å²) in [4.78, 5) is 34.5. The fraction of sp³-hybridized carbons (Fsp3) is 0.579. The second-order valence-electron chi connectivity index (χ2n) is 6.04. The molecule has 0 aliphatic carbocycles. The van der Waals surface area contributed by atoms with Crippen molar-refractivity contribution in [1.82, 2.24) is 0 Å². The van der Waals surface area contributed by atoms with E-state index >= 15 is 0 Å². The van der Waals surface area contributed by atoms with Crippen LogP contribution in [0, 0.1) is 12.3 Å². The van der Waals surface area contributed by atoms with Gasteiger partial charge in [-0.3, -0.25) is 9.35 Å². The van der Waals surface area contributed by atoms with Crippen molar-refractivity contribution in [1.29, 1.82) is 0 Å². The van der Waals surface area contributed by atoms with Crippen LogP contribution in [0.15, 0.2) is 24.3 Å².